The van der Waals surface area contributed by atoms with Gasteiger partial charge in [-0.25, -0.2) is 0 Å². The van der Waals surface area contributed by atoms with Crippen LogP contribution < -0.4 is 4.90 Å². The number of anilines is 3. The smallest absolute Gasteiger partial charge is 0.137 e. The molecule has 0 aliphatic carbocycles. The topological polar surface area (TPSA) is 21.3 Å². The molecule has 12 aromatic rings. The van der Waals surface area contributed by atoms with Crippen molar-refractivity contribution < 1.29 is 4.42 Å². The quantitative estimate of drug-likeness (QED) is 0.161. The third-order valence-corrected chi connectivity index (χ3v) is 12.2. The number of fused-ring (bicyclic) bond motifs is 8. The van der Waals surface area contributed by atoms with Crippen molar-refractivity contribution in [2.75, 3.05) is 4.90 Å². The molecular formula is C58H38N2O. The molecule has 2 heterocycles. The van der Waals surface area contributed by atoms with Crippen LogP contribution in [0.25, 0.3) is 93.6 Å². The summed E-state index contributed by atoms with van der Waals surface area (Å²) in [5.41, 5.74) is 15.4. The Morgan fingerprint density at radius 2 is 0.885 bits per heavy atom. The minimum atomic E-state index is 0.846. The summed E-state index contributed by atoms with van der Waals surface area (Å²) in [5, 5.41) is 7.06. The second kappa shape index (κ2) is 14.3. The summed E-state index contributed by atoms with van der Waals surface area (Å²) >= 11 is 0. The summed E-state index contributed by atoms with van der Waals surface area (Å²) in [7, 11) is 0. The van der Waals surface area contributed by atoms with Crippen LogP contribution in [0.5, 0.6) is 0 Å². The lowest BCUT2D eigenvalue weighted by molar-refractivity contribution is 0.669. The van der Waals surface area contributed by atoms with E-state index >= 15 is 0 Å². The van der Waals surface area contributed by atoms with Gasteiger partial charge in [-0.1, -0.05) is 158 Å². The summed E-state index contributed by atoms with van der Waals surface area (Å²) in [4.78, 5) is 2.33. The van der Waals surface area contributed by atoms with E-state index in [9.17, 15) is 0 Å². The van der Waals surface area contributed by atoms with Gasteiger partial charge in [-0.2, -0.15) is 0 Å². The number of nitrogens with zero attached hydrogens (tertiary/aromatic N) is 2. The van der Waals surface area contributed by atoms with Crippen LogP contribution in [0.15, 0.2) is 235 Å². The summed E-state index contributed by atoms with van der Waals surface area (Å²) < 4.78 is 9.38. The number of benzene rings is 10. The van der Waals surface area contributed by atoms with Gasteiger partial charge in [0.15, 0.2) is 0 Å². The molecule has 0 aliphatic rings. The normalized spacial score (nSPS) is 11.6. The molecule has 12 rings (SSSR count). The van der Waals surface area contributed by atoms with E-state index < -0.39 is 0 Å². The molecule has 0 bridgehead atoms. The number of para-hydroxylation sites is 2. The summed E-state index contributed by atoms with van der Waals surface area (Å²) in [6.07, 6.45) is 0. The van der Waals surface area contributed by atoms with Crippen LogP contribution in [0.3, 0.4) is 0 Å². The van der Waals surface area contributed by atoms with Crippen molar-refractivity contribution in [1.82, 2.24) is 4.57 Å². The van der Waals surface area contributed by atoms with E-state index in [1.165, 1.54) is 54.8 Å². The summed E-state index contributed by atoms with van der Waals surface area (Å²) in [6.45, 7) is 0. The van der Waals surface area contributed by atoms with Crippen molar-refractivity contribution in [1.29, 1.82) is 0 Å². The molecule has 0 saturated heterocycles. The zero-order chi connectivity index (χ0) is 40.3. The minimum Gasteiger partial charge on any atom is -0.456 e. The maximum absolute atomic E-state index is 7.00. The van der Waals surface area contributed by atoms with Gasteiger partial charge in [0, 0.05) is 50.4 Å². The number of aromatic nitrogens is 1. The highest BCUT2D eigenvalue weighted by atomic mass is 16.3. The molecule has 3 heteroatoms. The van der Waals surface area contributed by atoms with Gasteiger partial charge in [-0.05, 0) is 111 Å². The average molecular weight is 779 g/mol. The molecule has 286 valence electrons. The SMILES string of the molecule is c1ccc(-c2ccc(N(c3cccc(-c4ccccc4)c3)c3ccc4c(c3)oc3cc(-c5cccc6c5c5ccccc5n6-c5ccccc5)c5ccccc5c34)cc2)cc1. The maximum atomic E-state index is 7.00. The zero-order valence-electron chi connectivity index (χ0n) is 33.2. The molecule has 0 radical (unpaired) electrons. The molecule has 10 aromatic carbocycles. The Hall–Kier alpha value is -8.14. The lowest BCUT2D eigenvalue weighted by atomic mass is 9.92. The highest BCUT2D eigenvalue weighted by Gasteiger charge is 2.21. The van der Waals surface area contributed by atoms with Crippen LogP contribution in [0.4, 0.5) is 17.1 Å². The Balaban J connectivity index is 1.05. The fourth-order valence-electron chi connectivity index (χ4n) is 9.43. The summed E-state index contributed by atoms with van der Waals surface area (Å²) in [6, 6.07) is 82.6. The Bertz CT molecular complexity index is 3570. The molecule has 0 spiro atoms. The molecule has 0 unspecified atom stereocenters. The van der Waals surface area contributed by atoms with E-state index in [-0.39, 0.29) is 0 Å². The van der Waals surface area contributed by atoms with Gasteiger partial charge in [0.05, 0.1) is 11.0 Å². The van der Waals surface area contributed by atoms with Crippen molar-refractivity contribution in [3.8, 4) is 39.1 Å². The predicted octanol–water partition coefficient (Wildman–Crippen LogP) is 16.3. The Morgan fingerprint density at radius 1 is 0.311 bits per heavy atom. The highest BCUT2D eigenvalue weighted by molar-refractivity contribution is 6.25. The van der Waals surface area contributed by atoms with E-state index in [2.05, 4.69) is 240 Å². The van der Waals surface area contributed by atoms with Gasteiger partial charge >= 0.3 is 0 Å². The lowest BCUT2D eigenvalue weighted by Gasteiger charge is -2.26. The Labute approximate surface area is 353 Å². The second-order valence-corrected chi connectivity index (χ2v) is 15.7. The number of hydrogen-bond donors (Lipinski definition) is 0. The van der Waals surface area contributed by atoms with E-state index in [1.54, 1.807) is 0 Å². The molecule has 61 heavy (non-hydrogen) atoms. The fourth-order valence-corrected chi connectivity index (χ4v) is 9.43. The average Bonchev–Trinajstić information content (AvgIpc) is 3.88. The van der Waals surface area contributed by atoms with Crippen LogP contribution in [0.1, 0.15) is 0 Å². The van der Waals surface area contributed by atoms with E-state index in [0.29, 0.717) is 0 Å². The number of rotatable bonds is 7. The van der Waals surface area contributed by atoms with E-state index in [1.807, 2.05) is 0 Å². The van der Waals surface area contributed by atoms with Crippen molar-refractivity contribution in [2.24, 2.45) is 0 Å². The van der Waals surface area contributed by atoms with Crippen LogP contribution >= 0.6 is 0 Å². The number of furan rings is 1. The third kappa shape index (κ3) is 5.82. The maximum Gasteiger partial charge on any atom is 0.137 e. The van der Waals surface area contributed by atoms with Gasteiger partial charge in [-0.15, -0.1) is 0 Å². The first-order chi connectivity index (χ1) is 30.3. The van der Waals surface area contributed by atoms with E-state index in [4.69, 9.17) is 4.42 Å². The first kappa shape index (κ1) is 34.9. The van der Waals surface area contributed by atoms with Gasteiger partial charge < -0.3 is 13.9 Å². The van der Waals surface area contributed by atoms with Crippen molar-refractivity contribution >= 4 is 71.6 Å². The van der Waals surface area contributed by atoms with Gasteiger partial charge in [0.25, 0.3) is 0 Å². The first-order valence-corrected chi connectivity index (χ1v) is 20.8. The highest BCUT2D eigenvalue weighted by Crippen LogP contribution is 2.46. The predicted molar refractivity (Wildman–Crippen MR) is 257 cm³/mol. The van der Waals surface area contributed by atoms with Crippen LogP contribution in [0.2, 0.25) is 0 Å². The second-order valence-electron chi connectivity index (χ2n) is 15.7. The van der Waals surface area contributed by atoms with Crippen molar-refractivity contribution in [3.63, 3.8) is 0 Å². The molecule has 0 aliphatic heterocycles. The molecule has 0 amide bonds. The van der Waals surface area contributed by atoms with Crippen molar-refractivity contribution in [2.45, 2.75) is 0 Å². The fraction of sp³-hybridized carbons (Fsp3) is 0. The first-order valence-electron chi connectivity index (χ1n) is 20.8. The molecule has 0 atom stereocenters. The third-order valence-electron chi connectivity index (χ3n) is 12.2. The molecule has 0 saturated carbocycles. The Kier molecular flexibility index (Phi) is 8.17. The van der Waals surface area contributed by atoms with Gasteiger partial charge in [0.1, 0.15) is 11.2 Å². The van der Waals surface area contributed by atoms with Crippen LogP contribution in [-0.4, -0.2) is 4.57 Å². The Morgan fingerprint density at radius 3 is 1.66 bits per heavy atom. The van der Waals surface area contributed by atoms with Crippen LogP contribution in [0, 0.1) is 0 Å². The molecule has 3 nitrogen and oxygen atoms in total. The zero-order valence-corrected chi connectivity index (χ0v) is 33.2. The standard InChI is InChI=1S/C58H38N2O/c1-4-16-39(17-5-1)41-30-32-44(33-31-41)59(45-23-14-20-42(36-45)40-18-6-2-7-19-40)46-34-35-51-55(37-46)61-56-38-52(47-24-10-11-25-48(47)58(51)56)49-27-15-29-54-57(49)50-26-12-13-28-53(50)60(54)43-21-8-3-9-22-43/h1-38H. The van der Waals surface area contributed by atoms with Gasteiger partial charge in [-0.3, -0.25) is 0 Å². The minimum absolute atomic E-state index is 0.846. The monoisotopic (exact) mass is 778 g/mol. The molecule has 2 aromatic heterocycles. The van der Waals surface area contributed by atoms with E-state index in [0.717, 1.165) is 55.8 Å². The lowest BCUT2D eigenvalue weighted by Crippen LogP contribution is -2.10. The molecule has 0 N–H and O–H groups in total. The summed E-state index contributed by atoms with van der Waals surface area (Å²) in [5.74, 6) is 0. The molecule has 0 fully saturated rings. The van der Waals surface area contributed by atoms with Gasteiger partial charge in [0.2, 0.25) is 0 Å². The molecular weight excluding hydrogens is 741 g/mol. The van der Waals surface area contributed by atoms with Crippen LogP contribution in [-0.2, 0) is 0 Å². The van der Waals surface area contributed by atoms with Crippen molar-refractivity contribution in [3.05, 3.63) is 231 Å². The largest absolute Gasteiger partial charge is 0.456 e. The number of hydrogen-bond acceptors (Lipinski definition) is 2.